The zero-order chi connectivity index (χ0) is 20.8. The number of carbonyl (C=O) groups excluding carboxylic acids is 2. The molecular formula is C23H23BrN2O3. The third kappa shape index (κ3) is 5.35. The van der Waals surface area contributed by atoms with Crippen molar-refractivity contribution in [1.29, 1.82) is 0 Å². The number of halogens is 1. The van der Waals surface area contributed by atoms with Gasteiger partial charge in [-0.25, -0.2) is 0 Å². The standard InChI is InChI=1S/C23H23BrN2O3/c1-3-15(2)25-23(28)17-8-6-9-18(13-17)26-21(27)14-29-20-12-11-16-7-4-5-10-19(16)22(20)24/h4-13,15H,3,14H2,1-2H3,(H,25,28)(H,26,27). The second-order valence-corrected chi connectivity index (χ2v) is 7.59. The fourth-order valence-electron chi connectivity index (χ4n) is 2.81. The lowest BCUT2D eigenvalue weighted by Crippen LogP contribution is -2.32. The largest absolute Gasteiger partial charge is 0.483 e. The lowest BCUT2D eigenvalue weighted by molar-refractivity contribution is -0.118. The van der Waals surface area contributed by atoms with Crippen molar-refractivity contribution in [2.45, 2.75) is 26.3 Å². The molecule has 0 fully saturated rings. The summed E-state index contributed by atoms with van der Waals surface area (Å²) in [5.41, 5.74) is 1.05. The Balaban J connectivity index is 1.62. The lowest BCUT2D eigenvalue weighted by Gasteiger charge is -2.13. The first-order valence-corrected chi connectivity index (χ1v) is 10.3. The van der Waals surface area contributed by atoms with Crippen LogP contribution in [0.1, 0.15) is 30.6 Å². The van der Waals surface area contributed by atoms with Gasteiger partial charge in [0.25, 0.3) is 11.8 Å². The number of nitrogens with one attached hydrogen (secondary N) is 2. The minimum atomic E-state index is -0.301. The maximum atomic E-state index is 12.3. The number of anilines is 1. The van der Waals surface area contributed by atoms with Crippen LogP contribution in [0.25, 0.3) is 10.8 Å². The zero-order valence-corrected chi connectivity index (χ0v) is 18.0. The summed E-state index contributed by atoms with van der Waals surface area (Å²) in [5, 5.41) is 7.79. The average Bonchev–Trinajstić information content (AvgIpc) is 2.73. The van der Waals surface area contributed by atoms with E-state index in [4.69, 9.17) is 4.74 Å². The second-order valence-electron chi connectivity index (χ2n) is 6.80. The number of fused-ring (bicyclic) bond motifs is 1. The molecule has 0 radical (unpaired) electrons. The van der Waals surface area contributed by atoms with Crippen molar-refractivity contribution in [1.82, 2.24) is 5.32 Å². The van der Waals surface area contributed by atoms with Gasteiger partial charge in [0.15, 0.2) is 6.61 Å². The lowest BCUT2D eigenvalue weighted by atomic mass is 10.1. The molecule has 3 rings (SSSR count). The number of rotatable bonds is 7. The minimum absolute atomic E-state index is 0.0922. The van der Waals surface area contributed by atoms with E-state index in [2.05, 4.69) is 26.6 Å². The molecule has 0 spiro atoms. The van der Waals surface area contributed by atoms with Crippen LogP contribution in [0.2, 0.25) is 0 Å². The van der Waals surface area contributed by atoms with E-state index in [-0.39, 0.29) is 24.5 Å². The van der Waals surface area contributed by atoms with Crippen LogP contribution < -0.4 is 15.4 Å². The molecule has 0 heterocycles. The van der Waals surface area contributed by atoms with E-state index in [1.54, 1.807) is 24.3 Å². The molecule has 1 unspecified atom stereocenters. The Kier molecular flexibility index (Phi) is 6.88. The van der Waals surface area contributed by atoms with E-state index in [0.29, 0.717) is 17.0 Å². The van der Waals surface area contributed by atoms with Gasteiger partial charge in [-0.1, -0.05) is 43.3 Å². The number of amides is 2. The predicted octanol–water partition coefficient (Wildman–Crippen LogP) is 5.15. The summed E-state index contributed by atoms with van der Waals surface area (Å²) in [5.74, 6) is 0.136. The van der Waals surface area contributed by atoms with Gasteiger partial charge in [-0.15, -0.1) is 0 Å². The first kappa shape index (κ1) is 20.9. The number of benzene rings is 3. The number of carbonyl (C=O) groups is 2. The Morgan fingerprint density at radius 2 is 1.86 bits per heavy atom. The molecule has 0 saturated heterocycles. The molecule has 0 aliphatic carbocycles. The topological polar surface area (TPSA) is 67.4 Å². The van der Waals surface area contributed by atoms with Crippen LogP contribution in [0.4, 0.5) is 5.69 Å². The molecule has 0 bridgehead atoms. The van der Waals surface area contributed by atoms with Crippen LogP contribution in [0.15, 0.2) is 65.1 Å². The first-order chi connectivity index (χ1) is 14.0. The number of hydrogen-bond donors (Lipinski definition) is 2. The molecule has 5 nitrogen and oxygen atoms in total. The molecule has 0 aliphatic rings. The Morgan fingerprint density at radius 1 is 1.07 bits per heavy atom. The maximum absolute atomic E-state index is 12.3. The molecule has 6 heteroatoms. The van der Waals surface area contributed by atoms with Gasteiger partial charge in [-0.2, -0.15) is 0 Å². The highest BCUT2D eigenvalue weighted by Crippen LogP contribution is 2.33. The number of ether oxygens (including phenoxy) is 1. The van der Waals surface area contributed by atoms with Gasteiger partial charge in [0.1, 0.15) is 5.75 Å². The van der Waals surface area contributed by atoms with E-state index < -0.39 is 0 Å². The highest BCUT2D eigenvalue weighted by Gasteiger charge is 2.11. The fraction of sp³-hybridized carbons (Fsp3) is 0.217. The van der Waals surface area contributed by atoms with E-state index in [9.17, 15) is 9.59 Å². The smallest absolute Gasteiger partial charge is 0.262 e. The summed E-state index contributed by atoms with van der Waals surface area (Å²) in [6.07, 6.45) is 0.851. The number of hydrogen-bond acceptors (Lipinski definition) is 3. The molecule has 150 valence electrons. The molecule has 0 saturated carbocycles. The molecule has 0 aliphatic heterocycles. The van der Waals surface area contributed by atoms with Crippen LogP contribution in [-0.4, -0.2) is 24.5 Å². The van der Waals surface area contributed by atoms with Crippen LogP contribution >= 0.6 is 15.9 Å². The van der Waals surface area contributed by atoms with E-state index in [1.165, 1.54) is 0 Å². The van der Waals surface area contributed by atoms with E-state index in [0.717, 1.165) is 21.7 Å². The van der Waals surface area contributed by atoms with Crippen LogP contribution in [0.3, 0.4) is 0 Å². The molecule has 3 aromatic carbocycles. The molecule has 29 heavy (non-hydrogen) atoms. The van der Waals surface area contributed by atoms with Gasteiger partial charge in [-0.05, 0) is 64.3 Å². The van der Waals surface area contributed by atoms with Crippen LogP contribution in [-0.2, 0) is 4.79 Å². The third-order valence-electron chi connectivity index (χ3n) is 4.59. The molecular weight excluding hydrogens is 432 g/mol. The summed E-state index contributed by atoms with van der Waals surface area (Å²) in [6.45, 7) is 3.82. The Bertz CT molecular complexity index is 1040. The molecule has 2 N–H and O–H groups in total. The highest BCUT2D eigenvalue weighted by molar-refractivity contribution is 9.10. The first-order valence-electron chi connectivity index (χ1n) is 9.48. The Hall–Kier alpha value is -2.86. The van der Waals surface area contributed by atoms with Crippen molar-refractivity contribution < 1.29 is 14.3 Å². The molecule has 1 atom stereocenters. The summed E-state index contributed by atoms with van der Waals surface area (Å²) < 4.78 is 6.50. The maximum Gasteiger partial charge on any atom is 0.262 e. The van der Waals surface area contributed by atoms with Gasteiger partial charge < -0.3 is 15.4 Å². The van der Waals surface area contributed by atoms with Gasteiger partial charge >= 0.3 is 0 Å². The van der Waals surface area contributed by atoms with E-state index in [1.807, 2.05) is 50.2 Å². The third-order valence-corrected chi connectivity index (χ3v) is 5.40. The van der Waals surface area contributed by atoms with Gasteiger partial charge in [0.05, 0.1) is 4.47 Å². The Labute approximate surface area is 178 Å². The van der Waals surface area contributed by atoms with Crippen molar-refractivity contribution in [3.05, 3.63) is 70.7 Å². The fourth-order valence-corrected chi connectivity index (χ4v) is 3.42. The summed E-state index contributed by atoms with van der Waals surface area (Å²) >= 11 is 3.55. The van der Waals surface area contributed by atoms with Crippen molar-refractivity contribution in [2.24, 2.45) is 0 Å². The van der Waals surface area contributed by atoms with Crippen LogP contribution in [0, 0.1) is 0 Å². The molecule has 2 amide bonds. The summed E-state index contributed by atoms with van der Waals surface area (Å²) in [4.78, 5) is 24.6. The van der Waals surface area contributed by atoms with Gasteiger partial charge in [-0.3, -0.25) is 9.59 Å². The summed E-state index contributed by atoms with van der Waals surface area (Å²) in [7, 11) is 0. The predicted molar refractivity (Wildman–Crippen MR) is 119 cm³/mol. The van der Waals surface area contributed by atoms with Crippen molar-refractivity contribution >= 4 is 44.2 Å². The van der Waals surface area contributed by atoms with Crippen LogP contribution in [0.5, 0.6) is 5.75 Å². The average molecular weight is 455 g/mol. The zero-order valence-electron chi connectivity index (χ0n) is 16.4. The normalized spacial score (nSPS) is 11.7. The molecule has 3 aromatic rings. The van der Waals surface area contributed by atoms with Gasteiger partial charge in [0.2, 0.25) is 0 Å². The quantitative estimate of drug-likeness (QED) is 0.518. The van der Waals surface area contributed by atoms with Crippen molar-refractivity contribution in [3.63, 3.8) is 0 Å². The molecule has 0 aromatic heterocycles. The summed E-state index contributed by atoms with van der Waals surface area (Å²) in [6, 6.07) is 18.7. The minimum Gasteiger partial charge on any atom is -0.483 e. The Morgan fingerprint density at radius 3 is 2.66 bits per heavy atom. The highest BCUT2D eigenvalue weighted by atomic mass is 79.9. The van der Waals surface area contributed by atoms with Crippen molar-refractivity contribution in [2.75, 3.05) is 11.9 Å². The van der Waals surface area contributed by atoms with Gasteiger partial charge in [0, 0.05) is 17.3 Å². The van der Waals surface area contributed by atoms with E-state index >= 15 is 0 Å². The monoisotopic (exact) mass is 454 g/mol. The van der Waals surface area contributed by atoms with Crippen molar-refractivity contribution in [3.8, 4) is 5.75 Å². The SMILES string of the molecule is CCC(C)NC(=O)c1cccc(NC(=O)COc2ccc3ccccc3c2Br)c1. The second kappa shape index (κ2) is 9.56.